The second-order valence-electron chi connectivity index (χ2n) is 18.5. The van der Waals surface area contributed by atoms with Crippen molar-refractivity contribution < 1.29 is 32.9 Å². The molecule has 0 saturated carbocycles. The molecule has 62 heavy (non-hydrogen) atoms. The largest absolute Gasteiger partial charge is 0.756 e. The number of likely N-dealkylation sites (N-methyl/N-ethyl adjacent to an activating group) is 1. The smallest absolute Gasteiger partial charge is 0.268 e. The molecule has 0 aliphatic rings. The predicted octanol–water partition coefficient (Wildman–Crippen LogP) is 14.3. The van der Waals surface area contributed by atoms with Crippen molar-refractivity contribution in [2.45, 2.75) is 231 Å². The number of carbonyl (C=O) groups is 1. The van der Waals surface area contributed by atoms with Crippen LogP contribution in [0.4, 0.5) is 0 Å². The molecule has 0 rings (SSSR count). The van der Waals surface area contributed by atoms with Gasteiger partial charge in [-0.25, -0.2) is 0 Å². The summed E-state index contributed by atoms with van der Waals surface area (Å²) in [5, 5.41) is 13.8. The van der Waals surface area contributed by atoms with E-state index in [1.807, 2.05) is 27.2 Å². The van der Waals surface area contributed by atoms with Crippen molar-refractivity contribution in [3.05, 3.63) is 60.8 Å². The van der Waals surface area contributed by atoms with Gasteiger partial charge in [-0.15, -0.1) is 0 Å². The van der Waals surface area contributed by atoms with Crippen LogP contribution in [0.5, 0.6) is 0 Å². The Morgan fingerprint density at radius 2 is 0.952 bits per heavy atom. The van der Waals surface area contributed by atoms with E-state index in [1.165, 1.54) is 148 Å². The van der Waals surface area contributed by atoms with Crippen molar-refractivity contribution in [3.63, 3.8) is 0 Å². The molecule has 0 aromatic rings. The topological polar surface area (TPSA) is 108 Å². The Morgan fingerprint density at radius 1 is 0.565 bits per heavy atom. The highest BCUT2D eigenvalue weighted by atomic mass is 31.2. The molecule has 3 unspecified atom stereocenters. The van der Waals surface area contributed by atoms with Crippen molar-refractivity contribution in [1.82, 2.24) is 5.32 Å². The summed E-state index contributed by atoms with van der Waals surface area (Å²) in [6.45, 7) is 4.60. The highest BCUT2D eigenvalue weighted by Crippen LogP contribution is 2.38. The molecule has 0 aliphatic carbocycles. The number of phosphoric acid groups is 1. The third kappa shape index (κ3) is 46.2. The maximum Gasteiger partial charge on any atom is 0.268 e. The Kier molecular flexibility index (Phi) is 43.1. The maximum absolute atomic E-state index is 12.9. The lowest BCUT2D eigenvalue weighted by atomic mass is 10.0. The number of nitrogens with one attached hydrogen (secondary N) is 1. The minimum absolute atomic E-state index is 0.00849. The number of hydrogen-bond acceptors (Lipinski definition) is 6. The SMILES string of the molecule is CCCCCCC/C=C\C/C=C\C/C=C\CCCCCCCCCCCCCCC(=O)NC(COP(=O)([O-])OCC[N+](C)(C)C)C(O)/C=C/CC/C=C/CCCCCCCCC. The molecule has 0 saturated heterocycles. The molecule has 0 aliphatic heterocycles. The van der Waals surface area contributed by atoms with E-state index >= 15 is 0 Å². The van der Waals surface area contributed by atoms with Crippen molar-refractivity contribution in [1.29, 1.82) is 0 Å². The number of quaternary nitrogens is 1. The van der Waals surface area contributed by atoms with Gasteiger partial charge in [0.1, 0.15) is 13.2 Å². The van der Waals surface area contributed by atoms with E-state index in [0.717, 1.165) is 51.4 Å². The lowest BCUT2D eigenvalue weighted by Gasteiger charge is -2.29. The number of rotatable bonds is 46. The van der Waals surface area contributed by atoms with Crippen LogP contribution in [0.1, 0.15) is 219 Å². The molecule has 0 bridgehead atoms. The van der Waals surface area contributed by atoms with Crippen LogP contribution in [0, 0.1) is 0 Å². The van der Waals surface area contributed by atoms with Crippen LogP contribution in [0.2, 0.25) is 0 Å². The molecule has 0 aromatic carbocycles. The summed E-state index contributed by atoms with van der Waals surface area (Å²) in [5.41, 5.74) is 0. The lowest BCUT2D eigenvalue weighted by molar-refractivity contribution is -0.870. The van der Waals surface area contributed by atoms with Gasteiger partial charge in [0.25, 0.3) is 7.82 Å². The molecule has 2 N–H and O–H groups in total. The fourth-order valence-corrected chi connectivity index (χ4v) is 7.84. The minimum Gasteiger partial charge on any atom is -0.756 e. The zero-order chi connectivity index (χ0) is 45.7. The second kappa shape index (κ2) is 44.4. The third-order valence-electron chi connectivity index (χ3n) is 11.2. The molecule has 0 heterocycles. The Bertz CT molecular complexity index is 1190. The highest BCUT2D eigenvalue weighted by molar-refractivity contribution is 7.45. The summed E-state index contributed by atoms with van der Waals surface area (Å²) in [5.74, 6) is -0.211. The van der Waals surface area contributed by atoms with Gasteiger partial charge in [-0.05, 0) is 70.6 Å². The van der Waals surface area contributed by atoms with Gasteiger partial charge in [0.05, 0.1) is 39.9 Å². The van der Waals surface area contributed by atoms with Crippen molar-refractivity contribution in [2.75, 3.05) is 40.9 Å². The molecule has 3 atom stereocenters. The predicted molar refractivity (Wildman–Crippen MR) is 265 cm³/mol. The Hall–Kier alpha value is -1.80. The van der Waals surface area contributed by atoms with Crippen LogP contribution in [0.3, 0.4) is 0 Å². The summed E-state index contributed by atoms with van der Waals surface area (Å²) in [7, 11) is 1.24. The zero-order valence-corrected chi connectivity index (χ0v) is 42.0. The molecule has 9 heteroatoms. The van der Waals surface area contributed by atoms with Gasteiger partial charge in [0.15, 0.2) is 0 Å². The molecular formula is C53H99N2O6P. The molecule has 8 nitrogen and oxygen atoms in total. The number of phosphoric ester groups is 1. The normalized spacial score (nSPS) is 14.6. The fraction of sp³-hybridized carbons (Fsp3) is 0.792. The quantitative estimate of drug-likeness (QED) is 0.0273. The first kappa shape index (κ1) is 60.2. The van der Waals surface area contributed by atoms with Gasteiger partial charge >= 0.3 is 0 Å². The van der Waals surface area contributed by atoms with Gasteiger partial charge < -0.3 is 28.8 Å². The number of aliphatic hydroxyl groups excluding tert-OH is 1. The molecule has 0 aromatic heterocycles. The molecule has 0 spiro atoms. The lowest BCUT2D eigenvalue weighted by Crippen LogP contribution is -2.45. The van der Waals surface area contributed by atoms with Crippen molar-refractivity contribution >= 4 is 13.7 Å². The molecule has 362 valence electrons. The summed E-state index contributed by atoms with van der Waals surface area (Å²) >= 11 is 0. The number of nitrogens with zero attached hydrogens (tertiary/aromatic N) is 1. The number of amides is 1. The summed E-state index contributed by atoms with van der Waals surface area (Å²) < 4.78 is 23.2. The van der Waals surface area contributed by atoms with Gasteiger partial charge in [0, 0.05) is 6.42 Å². The van der Waals surface area contributed by atoms with Crippen molar-refractivity contribution in [2.24, 2.45) is 0 Å². The number of carbonyl (C=O) groups excluding carboxylic acids is 1. The molecule has 1 amide bonds. The first-order valence-electron chi connectivity index (χ1n) is 25.7. The Balaban J connectivity index is 4.23. The van der Waals surface area contributed by atoms with Crippen LogP contribution in [-0.4, -0.2) is 68.5 Å². The summed E-state index contributed by atoms with van der Waals surface area (Å²) in [6.07, 6.45) is 58.6. The van der Waals surface area contributed by atoms with Crippen LogP contribution in [-0.2, 0) is 18.4 Å². The maximum atomic E-state index is 12.9. The number of hydrogen-bond donors (Lipinski definition) is 2. The van der Waals surface area contributed by atoms with Crippen LogP contribution >= 0.6 is 7.82 Å². The second-order valence-corrected chi connectivity index (χ2v) is 19.9. The Labute approximate surface area is 383 Å². The van der Waals surface area contributed by atoms with E-state index in [0.29, 0.717) is 17.4 Å². The average Bonchev–Trinajstić information content (AvgIpc) is 3.23. The van der Waals surface area contributed by atoms with Gasteiger partial charge in [-0.3, -0.25) is 9.36 Å². The molecule has 0 radical (unpaired) electrons. The number of aliphatic hydroxyl groups is 1. The van der Waals surface area contributed by atoms with Gasteiger partial charge in [-0.2, -0.15) is 0 Å². The van der Waals surface area contributed by atoms with Crippen LogP contribution in [0.25, 0.3) is 0 Å². The van der Waals surface area contributed by atoms with E-state index in [-0.39, 0.29) is 12.5 Å². The first-order chi connectivity index (χ1) is 30.0. The van der Waals surface area contributed by atoms with Crippen LogP contribution in [0.15, 0.2) is 60.8 Å². The zero-order valence-electron chi connectivity index (χ0n) is 41.1. The van der Waals surface area contributed by atoms with E-state index in [1.54, 1.807) is 6.08 Å². The minimum atomic E-state index is -4.60. The van der Waals surface area contributed by atoms with E-state index in [4.69, 9.17) is 9.05 Å². The van der Waals surface area contributed by atoms with E-state index < -0.39 is 26.6 Å². The van der Waals surface area contributed by atoms with Gasteiger partial charge in [0.2, 0.25) is 5.91 Å². The van der Waals surface area contributed by atoms with Gasteiger partial charge in [-0.1, -0.05) is 203 Å². The highest BCUT2D eigenvalue weighted by Gasteiger charge is 2.23. The van der Waals surface area contributed by atoms with Crippen molar-refractivity contribution in [3.8, 4) is 0 Å². The summed E-state index contributed by atoms with van der Waals surface area (Å²) in [6, 6.07) is -0.905. The fourth-order valence-electron chi connectivity index (χ4n) is 7.12. The first-order valence-corrected chi connectivity index (χ1v) is 27.1. The standard InChI is InChI=1S/C53H99N2O6P/c1-6-8-10-12-14-16-18-20-21-22-23-24-25-26-27-28-29-30-31-32-33-35-37-39-41-43-45-47-53(57)54-51(50-61-62(58,59)60-49-48-55(3,4)5)52(56)46-44-42-40-38-36-34-19-17-15-13-11-9-7-2/h18,20,22-23,25-26,36,38,44,46,51-52,56H,6-17,19,21,24,27-35,37,39-43,45,47-50H2,1-5H3,(H-,54,57,58,59)/b20-18-,23-22-,26-25-,38-36+,46-44+. The summed E-state index contributed by atoms with van der Waals surface area (Å²) in [4.78, 5) is 25.4. The third-order valence-corrected chi connectivity index (χ3v) is 12.2. The Morgan fingerprint density at radius 3 is 1.42 bits per heavy atom. The van der Waals surface area contributed by atoms with E-state index in [2.05, 4.69) is 67.8 Å². The van der Waals surface area contributed by atoms with Crippen LogP contribution < -0.4 is 10.2 Å². The van der Waals surface area contributed by atoms with E-state index in [9.17, 15) is 19.4 Å². The number of unbranched alkanes of at least 4 members (excludes halogenated alkanes) is 25. The monoisotopic (exact) mass is 891 g/mol. The molecule has 0 fully saturated rings. The number of allylic oxidation sites excluding steroid dienone is 9. The molecular weight excluding hydrogens is 792 g/mol. The average molecular weight is 891 g/mol.